The molecule has 0 radical (unpaired) electrons. The van der Waals surface area contributed by atoms with Gasteiger partial charge < -0.3 is 10.4 Å². The van der Waals surface area contributed by atoms with E-state index in [0.717, 1.165) is 0 Å². The smallest absolute Gasteiger partial charge is 0.394 e. The third-order valence-corrected chi connectivity index (χ3v) is 1.85. The van der Waals surface area contributed by atoms with Gasteiger partial charge in [-0.15, -0.1) is 0 Å². The topological polar surface area (TPSA) is 84.2 Å². The van der Waals surface area contributed by atoms with E-state index < -0.39 is 11.9 Å². The lowest BCUT2D eigenvalue weighted by molar-refractivity contribution is -0.147. The molecule has 6 nitrogen and oxygen atoms in total. The zero-order valence-electron chi connectivity index (χ0n) is 8.81. The normalized spacial score (nSPS) is 10.4. The number of hydrogen-bond donors (Lipinski definition) is 2. The molecular weight excluding hydrogens is 198 g/mol. The third-order valence-electron chi connectivity index (χ3n) is 1.85. The lowest BCUT2D eigenvalue weighted by atomic mass is 10.1. The molecular formula is C9H13N3O3. The Kier molecular flexibility index (Phi) is 3.08. The van der Waals surface area contributed by atoms with Crippen molar-refractivity contribution in [3.05, 3.63) is 11.9 Å². The summed E-state index contributed by atoms with van der Waals surface area (Å²) < 4.78 is 1.53. The van der Waals surface area contributed by atoms with Crippen molar-refractivity contribution < 1.29 is 14.7 Å². The van der Waals surface area contributed by atoms with Crippen LogP contribution in [0.2, 0.25) is 0 Å². The summed E-state index contributed by atoms with van der Waals surface area (Å²) in [6.07, 6.45) is 1.58. The number of nitrogens with zero attached hydrogens (tertiary/aromatic N) is 2. The van der Waals surface area contributed by atoms with Gasteiger partial charge in [0.05, 0.1) is 11.4 Å². The van der Waals surface area contributed by atoms with E-state index in [1.54, 1.807) is 13.2 Å². The molecule has 0 saturated carbocycles. The fourth-order valence-electron chi connectivity index (χ4n) is 1.20. The first-order valence-electron chi connectivity index (χ1n) is 4.49. The van der Waals surface area contributed by atoms with Crippen LogP contribution in [0.1, 0.15) is 25.5 Å². The number of aromatic nitrogens is 2. The van der Waals surface area contributed by atoms with Crippen molar-refractivity contribution in [3.8, 4) is 0 Å². The largest absolute Gasteiger partial charge is 0.474 e. The minimum Gasteiger partial charge on any atom is -0.474 e. The van der Waals surface area contributed by atoms with Crippen molar-refractivity contribution in [2.75, 3.05) is 5.32 Å². The summed E-state index contributed by atoms with van der Waals surface area (Å²) in [6.45, 7) is 3.83. The molecule has 1 heterocycles. The zero-order valence-corrected chi connectivity index (χ0v) is 8.81. The van der Waals surface area contributed by atoms with Gasteiger partial charge in [-0.2, -0.15) is 5.10 Å². The predicted octanol–water partition coefficient (Wildman–Crippen LogP) is 0.567. The molecule has 0 saturated heterocycles. The zero-order chi connectivity index (χ0) is 11.6. The number of carboxylic acids is 1. The van der Waals surface area contributed by atoms with E-state index in [9.17, 15) is 9.59 Å². The van der Waals surface area contributed by atoms with Gasteiger partial charge in [-0.1, -0.05) is 13.8 Å². The number of carbonyl (C=O) groups excluding carboxylic acids is 1. The summed E-state index contributed by atoms with van der Waals surface area (Å²) in [6, 6.07) is 0. The minimum absolute atomic E-state index is 0.121. The van der Waals surface area contributed by atoms with Crippen LogP contribution in [0.15, 0.2) is 6.20 Å². The van der Waals surface area contributed by atoms with Crippen LogP contribution in [0, 0.1) is 0 Å². The fraction of sp³-hybridized carbons (Fsp3) is 0.444. The Labute approximate surface area is 86.9 Å². The van der Waals surface area contributed by atoms with Crippen molar-refractivity contribution in [3.63, 3.8) is 0 Å². The summed E-state index contributed by atoms with van der Waals surface area (Å²) in [5.41, 5.74) is 1.12. The maximum atomic E-state index is 10.9. The number of hydrogen-bond acceptors (Lipinski definition) is 3. The molecule has 0 spiro atoms. The molecule has 1 rings (SSSR count). The number of rotatable bonds is 2. The molecule has 2 N–H and O–H groups in total. The van der Waals surface area contributed by atoms with Crippen LogP contribution in [0.25, 0.3) is 0 Å². The maximum absolute atomic E-state index is 10.9. The number of anilines is 1. The highest BCUT2D eigenvalue weighted by Crippen LogP contribution is 2.21. The summed E-state index contributed by atoms with van der Waals surface area (Å²) in [4.78, 5) is 21.3. The van der Waals surface area contributed by atoms with Gasteiger partial charge in [0.15, 0.2) is 0 Å². The van der Waals surface area contributed by atoms with Gasteiger partial charge >= 0.3 is 11.9 Å². The molecule has 0 aliphatic heterocycles. The molecule has 15 heavy (non-hydrogen) atoms. The van der Waals surface area contributed by atoms with Gasteiger partial charge in [0.1, 0.15) is 0 Å². The summed E-state index contributed by atoms with van der Waals surface area (Å²) >= 11 is 0. The highest BCUT2D eigenvalue weighted by Gasteiger charge is 2.17. The molecule has 1 aromatic heterocycles. The number of aryl methyl sites for hydroxylation is 1. The number of nitrogens with one attached hydrogen (secondary N) is 1. The number of amides is 1. The first-order valence-corrected chi connectivity index (χ1v) is 4.49. The molecule has 1 amide bonds. The monoisotopic (exact) mass is 211 g/mol. The van der Waals surface area contributed by atoms with Crippen molar-refractivity contribution in [1.82, 2.24) is 9.78 Å². The molecule has 0 bridgehead atoms. The first-order chi connectivity index (χ1) is 6.91. The third kappa shape index (κ3) is 2.55. The van der Waals surface area contributed by atoms with Crippen molar-refractivity contribution in [1.29, 1.82) is 0 Å². The fourth-order valence-corrected chi connectivity index (χ4v) is 1.20. The van der Waals surface area contributed by atoms with Crippen LogP contribution in [0.3, 0.4) is 0 Å². The van der Waals surface area contributed by atoms with Crippen LogP contribution in [-0.4, -0.2) is 26.8 Å². The van der Waals surface area contributed by atoms with Gasteiger partial charge in [-0.25, -0.2) is 4.79 Å². The van der Waals surface area contributed by atoms with Crippen molar-refractivity contribution >= 4 is 17.6 Å². The van der Waals surface area contributed by atoms with Crippen LogP contribution in [0.5, 0.6) is 0 Å². The average molecular weight is 211 g/mol. The average Bonchev–Trinajstić information content (AvgIpc) is 2.46. The lowest BCUT2D eigenvalue weighted by Gasteiger charge is -2.04. The second-order valence-corrected chi connectivity index (χ2v) is 3.52. The number of carboxylic acid groups (broad SMARTS) is 1. The van der Waals surface area contributed by atoms with Gasteiger partial charge in [-0.3, -0.25) is 9.48 Å². The van der Waals surface area contributed by atoms with E-state index in [2.05, 4.69) is 10.4 Å². The Morgan fingerprint density at radius 1 is 1.53 bits per heavy atom. The van der Waals surface area contributed by atoms with Crippen LogP contribution < -0.4 is 5.32 Å². The highest BCUT2D eigenvalue weighted by atomic mass is 16.4. The van der Waals surface area contributed by atoms with Gasteiger partial charge in [0.2, 0.25) is 0 Å². The van der Waals surface area contributed by atoms with E-state index in [4.69, 9.17) is 5.11 Å². The Hall–Kier alpha value is -1.85. The molecule has 0 atom stereocenters. The molecule has 0 fully saturated rings. The Bertz CT molecular complexity index is 395. The van der Waals surface area contributed by atoms with E-state index >= 15 is 0 Å². The van der Waals surface area contributed by atoms with E-state index in [-0.39, 0.29) is 5.92 Å². The molecule has 6 heteroatoms. The summed E-state index contributed by atoms with van der Waals surface area (Å²) in [5.74, 6) is -2.44. The molecule has 1 aromatic rings. The van der Waals surface area contributed by atoms with Crippen molar-refractivity contribution in [2.24, 2.45) is 7.05 Å². The maximum Gasteiger partial charge on any atom is 0.394 e. The second kappa shape index (κ2) is 4.12. The lowest BCUT2D eigenvalue weighted by Crippen LogP contribution is -2.22. The van der Waals surface area contributed by atoms with E-state index in [1.807, 2.05) is 13.8 Å². The number of aliphatic carboxylic acids is 1. The summed E-state index contributed by atoms with van der Waals surface area (Å²) in [5, 5.41) is 14.9. The number of carbonyl (C=O) groups is 2. The first kappa shape index (κ1) is 11.2. The predicted molar refractivity (Wildman–Crippen MR) is 53.6 cm³/mol. The quantitative estimate of drug-likeness (QED) is 0.700. The minimum atomic E-state index is -1.51. The van der Waals surface area contributed by atoms with Gasteiger partial charge in [0, 0.05) is 13.2 Å². The summed E-state index contributed by atoms with van der Waals surface area (Å²) in [7, 11) is 1.71. The second-order valence-electron chi connectivity index (χ2n) is 3.52. The van der Waals surface area contributed by atoms with E-state index in [0.29, 0.717) is 11.4 Å². The van der Waals surface area contributed by atoms with Crippen molar-refractivity contribution in [2.45, 2.75) is 19.8 Å². The van der Waals surface area contributed by atoms with Gasteiger partial charge in [-0.05, 0) is 5.92 Å². The highest BCUT2D eigenvalue weighted by molar-refractivity contribution is 6.36. The van der Waals surface area contributed by atoms with Gasteiger partial charge in [0.25, 0.3) is 0 Å². The Morgan fingerprint density at radius 3 is 2.60 bits per heavy atom. The standard InChI is InChI=1S/C9H13N3O3/c1-5(2)7-6(4-12(3)11-7)10-8(13)9(14)15/h4-5H,1-3H3,(H,10,13)(H,14,15). The molecule has 0 aliphatic carbocycles. The Balaban J connectivity index is 2.94. The molecule has 0 aromatic carbocycles. The SMILES string of the molecule is CC(C)c1nn(C)cc1NC(=O)C(=O)O. The van der Waals surface area contributed by atoms with Crippen LogP contribution >= 0.6 is 0 Å². The van der Waals surface area contributed by atoms with Crippen LogP contribution in [-0.2, 0) is 16.6 Å². The van der Waals surface area contributed by atoms with Crippen LogP contribution in [0.4, 0.5) is 5.69 Å². The molecule has 82 valence electrons. The molecule has 0 unspecified atom stereocenters. The van der Waals surface area contributed by atoms with E-state index in [1.165, 1.54) is 4.68 Å². The Morgan fingerprint density at radius 2 is 2.13 bits per heavy atom. The molecule has 0 aliphatic rings.